The minimum absolute atomic E-state index is 0.511. The molecule has 3 N–H and O–H groups in total. The van der Waals surface area contributed by atoms with Crippen LogP contribution in [0.5, 0.6) is 5.75 Å². The van der Waals surface area contributed by atoms with Crippen molar-refractivity contribution in [3.05, 3.63) is 58.1 Å². The summed E-state index contributed by atoms with van der Waals surface area (Å²) in [6, 6.07) is 13.1. The molecule has 19 heavy (non-hydrogen) atoms. The minimum Gasteiger partial charge on any atom is -0.496 e. The van der Waals surface area contributed by atoms with Gasteiger partial charge in [-0.2, -0.15) is 0 Å². The second-order valence-electron chi connectivity index (χ2n) is 4.32. The Morgan fingerprint density at radius 1 is 1.26 bits per heavy atom. The second kappa shape index (κ2) is 6.08. The summed E-state index contributed by atoms with van der Waals surface area (Å²) in [7, 11) is 1.62. The number of aliphatic hydroxyl groups excluding tert-OH is 1. The summed E-state index contributed by atoms with van der Waals surface area (Å²) in [4.78, 5) is 0. The van der Waals surface area contributed by atoms with Crippen LogP contribution in [0.3, 0.4) is 0 Å². The third kappa shape index (κ3) is 3.28. The topological polar surface area (TPSA) is 55.5 Å². The summed E-state index contributed by atoms with van der Waals surface area (Å²) < 4.78 is 6.05. The summed E-state index contributed by atoms with van der Waals surface area (Å²) in [6.45, 7) is 0. The van der Waals surface area contributed by atoms with Crippen molar-refractivity contribution in [1.29, 1.82) is 0 Å². The summed E-state index contributed by atoms with van der Waals surface area (Å²) in [5.74, 6) is 0.775. The highest BCUT2D eigenvalue weighted by Crippen LogP contribution is 2.29. The molecule has 0 aliphatic carbocycles. The summed E-state index contributed by atoms with van der Waals surface area (Å²) in [5.41, 5.74) is 8.25. The number of para-hydroxylation sites is 1. The van der Waals surface area contributed by atoms with Crippen LogP contribution in [0.4, 0.5) is 5.69 Å². The molecule has 1 unspecified atom stereocenters. The zero-order valence-electron chi connectivity index (χ0n) is 10.6. The van der Waals surface area contributed by atoms with E-state index in [-0.39, 0.29) is 0 Å². The largest absolute Gasteiger partial charge is 0.496 e. The van der Waals surface area contributed by atoms with Gasteiger partial charge >= 0.3 is 0 Å². The highest BCUT2D eigenvalue weighted by atomic mass is 79.9. The number of halogens is 1. The lowest BCUT2D eigenvalue weighted by molar-refractivity contribution is 0.179. The van der Waals surface area contributed by atoms with E-state index in [1.807, 2.05) is 36.4 Å². The van der Waals surface area contributed by atoms with Gasteiger partial charge in [0.1, 0.15) is 5.75 Å². The van der Waals surface area contributed by atoms with Gasteiger partial charge in [-0.3, -0.25) is 0 Å². The molecule has 0 aromatic heterocycles. The van der Waals surface area contributed by atoms with E-state index in [2.05, 4.69) is 15.9 Å². The average Bonchev–Trinajstić information content (AvgIpc) is 2.39. The molecule has 0 fully saturated rings. The van der Waals surface area contributed by atoms with Gasteiger partial charge < -0.3 is 15.6 Å². The zero-order valence-corrected chi connectivity index (χ0v) is 12.2. The first-order valence-corrected chi connectivity index (χ1v) is 6.76. The number of nitrogens with two attached hydrogens (primary N) is 1. The van der Waals surface area contributed by atoms with Crippen molar-refractivity contribution >= 4 is 21.6 Å². The third-order valence-electron chi connectivity index (χ3n) is 3.00. The SMILES string of the molecule is COc1ccc(CC(O)c2ccccc2N)cc1Br. The Morgan fingerprint density at radius 3 is 2.63 bits per heavy atom. The van der Waals surface area contributed by atoms with Gasteiger partial charge in [-0.15, -0.1) is 0 Å². The molecule has 0 saturated heterocycles. The van der Waals surface area contributed by atoms with Crippen LogP contribution >= 0.6 is 15.9 Å². The molecule has 0 saturated carbocycles. The van der Waals surface area contributed by atoms with Gasteiger partial charge in [0.05, 0.1) is 17.7 Å². The first kappa shape index (κ1) is 13.9. The van der Waals surface area contributed by atoms with Crippen molar-refractivity contribution in [2.45, 2.75) is 12.5 Å². The summed E-state index contributed by atoms with van der Waals surface area (Å²) in [5, 5.41) is 10.2. The second-order valence-corrected chi connectivity index (χ2v) is 5.17. The molecule has 0 amide bonds. The number of hydrogen-bond acceptors (Lipinski definition) is 3. The maximum atomic E-state index is 10.2. The number of benzene rings is 2. The molecule has 2 rings (SSSR count). The average molecular weight is 322 g/mol. The number of rotatable bonds is 4. The van der Waals surface area contributed by atoms with Crippen molar-refractivity contribution in [2.24, 2.45) is 0 Å². The lowest BCUT2D eigenvalue weighted by Gasteiger charge is -2.14. The molecule has 0 heterocycles. The number of hydrogen-bond donors (Lipinski definition) is 2. The molecule has 1 atom stereocenters. The quantitative estimate of drug-likeness (QED) is 0.849. The minimum atomic E-state index is -0.610. The van der Waals surface area contributed by atoms with Crippen LogP contribution in [0.2, 0.25) is 0 Å². The van der Waals surface area contributed by atoms with Crippen LogP contribution in [0.1, 0.15) is 17.2 Å². The van der Waals surface area contributed by atoms with E-state index in [0.29, 0.717) is 12.1 Å². The predicted molar refractivity (Wildman–Crippen MR) is 80.2 cm³/mol. The monoisotopic (exact) mass is 321 g/mol. The van der Waals surface area contributed by atoms with Crippen LogP contribution in [-0.4, -0.2) is 12.2 Å². The van der Waals surface area contributed by atoms with E-state index in [4.69, 9.17) is 10.5 Å². The van der Waals surface area contributed by atoms with Gasteiger partial charge in [0.25, 0.3) is 0 Å². The fourth-order valence-electron chi connectivity index (χ4n) is 1.98. The Morgan fingerprint density at radius 2 is 2.00 bits per heavy atom. The van der Waals surface area contributed by atoms with Crippen LogP contribution in [-0.2, 0) is 6.42 Å². The number of methoxy groups -OCH3 is 1. The van der Waals surface area contributed by atoms with Crippen LogP contribution in [0.15, 0.2) is 46.9 Å². The summed E-state index contributed by atoms with van der Waals surface area (Å²) >= 11 is 3.44. The Labute approximate surface area is 121 Å². The predicted octanol–water partition coefficient (Wildman–Crippen LogP) is 3.32. The number of anilines is 1. The van der Waals surface area contributed by atoms with E-state index in [9.17, 15) is 5.11 Å². The maximum Gasteiger partial charge on any atom is 0.133 e. The van der Waals surface area contributed by atoms with Crippen molar-refractivity contribution in [1.82, 2.24) is 0 Å². The van der Waals surface area contributed by atoms with Crippen molar-refractivity contribution in [3.8, 4) is 5.75 Å². The van der Waals surface area contributed by atoms with Gasteiger partial charge in [-0.05, 0) is 39.7 Å². The van der Waals surface area contributed by atoms with Crippen molar-refractivity contribution in [3.63, 3.8) is 0 Å². The first-order chi connectivity index (χ1) is 9.11. The number of aliphatic hydroxyl groups is 1. The van der Waals surface area contributed by atoms with Gasteiger partial charge in [-0.1, -0.05) is 24.3 Å². The van der Waals surface area contributed by atoms with E-state index in [0.717, 1.165) is 21.3 Å². The smallest absolute Gasteiger partial charge is 0.133 e. The van der Waals surface area contributed by atoms with E-state index < -0.39 is 6.10 Å². The first-order valence-electron chi connectivity index (χ1n) is 5.96. The van der Waals surface area contributed by atoms with Crippen LogP contribution < -0.4 is 10.5 Å². The lowest BCUT2D eigenvalue weighted by atomic mass is 10.00. The van der Waals surface area contributed by atoms with Gasteiger partial charge in [0, 0.05) is 17.7 Å². The van der Waals surface area contributed by atoms with E-state index in [1.165, 1.54) is 0 Å². The molecule has 0 radical (unpaired) electrons. The van der Waals surface area contributed by atoms with Crippen LogP contribution in [0.25, 0.3) is 0 Å². The molecule has 0 bridgehead atoms. The molecule has 2 aromatic rings. The standard InChI is InChI=1S/C15H16BrNO2/c1-19-15-7-6-10(8-12(15)16)9-14(18)11-4-2-3-5-13(11)17/h2-8,14,18H,9,17H2,1H3. The molecule has 100 valence electrons. The van der Waals surface area contributed by atoms with Crippen LogP contribution in [0, 0.1) is 0 Å². The highest BCUT2D eigenvalue weighted by Gasteiger charge is 2.12. The van der Waals surface area contributed by atoms with E-state index in [1.54, 1.807) is 13.2 Å². The Bertz CT molecular complexity index is 572. The molecular formula is C15H16BrNO2. The lowest BCUT2D eigenvalue weighted by Crippen LogP contribution is -2.05. The molecule has 0 aliphatic heterocycles. The van der Waals surface area contributed by atoms with Gasteiger partial charge in [-0.25, -0.2) is 0 Å². The Balaban J connectivity index is 2.17. The number of nitrogen functional groups attached to an aromatic ring is 1. The Kier molecular flexibility index (Phi) is 4.45. The summed E-state index contributed by atoms with van der Waals surface area (Å²) in [6.07, 6.45) is -0.0990. The number of ether oxygens (including phenoxy) is 1. The van der Waals surface area contributed by atoms with Gasteiger partial charge in [0.15, 0.2) is 0 Å². The molecular weight excluding hydrogens is 306 g/mol. The molecule has 4 heteroatoms. The normalized spacial score (nSPS) is 12.2. The third-order valence-corrected chi connectivity index (χ3v) is 3.62. The highest BCUT2D eigenvalue weighted by molar-refractivity contribution is 9.10. The molecule has 3 nitrogen and oxygen atoms in total. The molecule has 0 aliphatic rings. The van der Waals surface area contributed by atoms with E-state index >= 15 is 0 Å². The van der Waals surface area contributed by atoms with Crippen molar-refractivity contribution in [2.75, 3.05) is 12.8 Å². The zero-order chi connectivity index (χ0) is 13.8. The fraction of sp³-hybridized carbons (Fsp3) is 0.200. The molecule has 0 spiro atoms. The van der Waals surface area contributed by atoms with Gasteiger partial charge in [0.2, 0.25) is 0 Å². The maximum absolute atomic E-state index is 10.2. The van der Waals surface area contributed by atoms with Crippen molar-refractivity contribution < 1.29 is 9.84 Å². The fourth-order valence-corrected chi connectivity index (χ4v) is 2.57. The Hall–Kier alpha value is -1.52. The molecule has 2 aromatic carbocycles.